The molecule has 0 radical (unpaired) electrons. The van der Waals surface area contributed by atoms with Gasteiger partial charge in [0.2, 0.25) is 0 Å². The van der Waals surface area contributed by atoms with Crippen LogP contribution >= 0.6 is 0 Å². The summed E-state index contributed by atoms with van der Waals surface area (Å²) in [4.78, 5) is 17.3. The molecule has 1 aliphatic heterocycles. The zero-order chi connectivity index (χ0) is 13.8. The number of aromatic amines is 1. The molecular formula is C15H22N3O2+. The Morgan fingerprint density at radius 1 is 1.25 bits per heavy atom. The van der Waals surface area contributed by atoms with Gasteiger partial charge >= 0.3 is 0 Å². The van der Waals surface area contributed by atoms with E-state index in [1.54, 1.807) is 6.20 Å². The number of nitrogens with one attached hydrogen (secondary N) is 2. The van der Waals surface area contributed by atoms with Crippen molar-refractivity contribution in [1.29, 1.82) is 0 Å². The number of hydrogen-bond donors (Lipinski definition) is 1. The van der Waals surface area contributed by atoms with E-state index in [1.807, 2.05) is 17.0 Å². The number of amides is 1. The van der Waals surface area contributed by atoms with Crippen LogP contribution in [0, 0.1) is 0 Å². The molecule has 3 rings (SSSR count). The summed E-state index contributed by atoms with van der Waals surface area (Å²) in [6.45, 7) is 2.63. The third-order valence-corrected chi connectivity index (χ3v) is 4.07. The molecule has 2 heterocycles. The summed E-state index contributed by atoms with van der Waals surface area (Å²) in [5.74, 6) is 1.08. The molecule has 108 valence electrons. The van der Waals surface area contributed by atoms with Crippen LogP contribution in [0.2, 0.25) is 0 Å². The van der Waals surface area contributed by atoms with Crippen molar-refractivity contribution in [2.45, 2.75) is 31.7 Å². The molecule has 20 heavy (non-hydrogen) atoms. The zero-order valence-electron chi connectivity index (χ0n) is 11.7. The fourth-order valence-corrected chi connectivity index (χ4v) is 2.89. The first-order chi connectivity index (χ1) is 9.83. The number of carbonyl (C=O) groups excluding carboxylic acids is 1. The van der Waals surface area contributed by atoms with Crippen LogP contribution < -0.4 is 10.3 Å². The molecule has 1 saturated heterocycles. The van der Waals surface area contributed by atoms with Gasteiger partial charge in [-0.1, -0.05) is 0 Å². The summed E-state index contributed by atoms with van der Waals surface area (Å²) in [6, 6.07) is 4.43. The van der Waals surface area contributed by atoms with Crippen LogP contribution in [0.15, 0.2) is 18.3 Å². The average Bonchev–Trinajstić information content (AvgIpc) is 3.01. The second-order valence-electron chi connectivity index (χ2n) is 5.52. The van der Waals surface area contributed by atoms with Crippen LogP contribution in [-0.4, -0.2) is 43.2 Å². The summed E-state index contributed by atoms with van der Waals surface area (Å²) in [7, 11) is 0. The Kier molecular flexibility index (Phi) is 4.16. The SMILES string of the molecule is O=C(c1ccc(NC2CCCC2)[nH+]c1)N1CCOCC1. The van der Waals surface area contributed by atoms with Gasteiger partial charge in [-0.3, -0.25) is 10.1 Å². The number of nitrogens with zero attached hydrogens (tertiary/aromatic N) is 1. The summed E-state index contributed by atoms with van der Waals surface area (Å²) < 4.78 is 5.27. The highest BCUT2D eigenvalue weighted by molar-refractivity contribution is 5.93. The van der Waals surface area contributed by atoms with Gasteiger partial charge in [-0.05, 0) is 31.7 Å². The minimum Gasteiger partial charge on any atom is -0.378 e. The molecule has 2 fully saturated rings. The van der Waals surface area contributed by atoms with Gasteiger partial charge in [0.05, 0.1) is 24.8 Å². The number of pyridine rings is 1. The normalized spacial score (nSPS) is 20.1. The molecule has 0 atom stereocenters. The minimum absolute atomic E-state index is 0.0805. The van der Waals surface area contributed by atoms with Crippen molar-refractivity contribution in [3.8, 4) is 0 Å². The number of carbonyl (C=O) groups is 1. The first-order valence-corrected chi connectivity index (χ1v) is 7.48. The number of hydrogen-bond acceptors (Lipinski definition) is 3. The molecular weight excluding hydrogens is 254 g/mol. The molecule has 5 heteroatoms. The first kappa shape index (κ1) is 13.4. The Morgan fingerprint density at radius 2 is 2.00 bits per heavy atom. The molecule has 2 N–H and O–H groups in total. The Morgan fingerprint density at radius 3 is 2.65 bits per heavy atom. The van der Waals surface area contributed by atoms with Gasteiger partial charge in [0.25, 0.3) is 11.7 Å². The molecule has 2 aliphatic rings. The highest BCUT2D eigenvalue weighted by atomic mass is 16.5. The fourth-order valence-electron chi connectivity index (χ4n) is 2.89. The van der Waals surface area contributed by atoms with Crippen LogP contribution in [0.1, 0.15) is 36.0 Å². The van der Waals surface area contributed by atoms with E-state index in [1.165, 1.54) is 25.7 Å². The summed E-state index contributed by atoms with van der Waals surface area (Å²) in [5, 5.41) is 3.49. The molecule has 1 aromatic rings. The fraction of sp³-hybridized carbons (Fsp3) is 0.600. The maximum absolute atomic E-state index is 12.3. The first-order valence-electron chi connectivity index (χ1n) is 7.48. The van der Waals surface area contributed by atoms with Crippen molar-refractivity contribution in [3.63, 3.8) is 0 Å². The highest BCUT2D eigenvalue weighted by Gasteiger charge is 2.21. The number of morpholine rings is 1. The molecule has 0 aromatic carbocycles. The Balaban J connectivity index is 1.61. The van der Waals surface area contributed by atoms with E-state index in [2.05, 4.69) is 10.3 Å². The summed E-state index contributed by atoms with van der Waals surface area (Å²) >= 11 is 0. The van der Waals surface area contributed by atoms with Gasteiger partial charge in [-0.25, -0.2) is 4.98 Å². The van der Waals surface area contributed by atoms with Crippen molar-refractivity contribution in [3.05, 3.63) is 23.9 Å². The van der Waals surface area contributed by atoms with E-state index in [-0.39, 0.29) is 5.91 Å². The van der Waals surface area contributed by atoms with Gasteiger partial charge in [0.1, 0.15) is 6.20 Å². The Labute approximate surface area is 119 Å². The Bertz CT molecular complexity index is 449. The van der Waals surface area contributed by atoms with Gasteiger partial charge in [-0.15, -0.1) is 0 Å². The predicted octanol–water partition coefficient (Wildman–Crippen LogP) is 1.33. The van der Waals surface area contributed by atoms with Gasteiger partial charge in [-0.2, -0.15) is 0 Å². The summed E-state index contributed by atoms with van der Waals surface area (Å²) in [5.41, 5.74) is 0.712. The minimum atomic E-state index is 0.0805. The lowest BCUT2D eigenvalue weighted by Gasteiger charge is -2.26. The average molecular weight is 276 g/mol. The highest BCUT2D eigenvalue weighted by Crippen LogP contribution is 2.20. The van der Waals surface area contributed by atoms with Gasteiger partial charge in [0.15, 0.2) is 0 Å². The second-order valence-corrected chi connectivity index (χ2v) is 5.52. The molecule has 0 bridgehead atoms. The molecule has 1 aromatic heterocycles. The smallest absolute Gasteiger partial charge is 0.272 e. The summed E-state index contributed by atoms with van der Waals surface area (Å²) in [6.07, 6.45) is 6.90. The quantitative estimate of drug-likeness (QED) is 0.906. The van der Waals surface area contributed by atoms with Crippen LogP contribution in [0.3, 0.4) is 0 Å². The van der Waals surface area contributed by atoms with E-state index in [0.29, 0.717) is 37.9 Å². The van der Waals surface area contributed by atoms with E-state index >= 15 is 0 Å². The number of aromatic nitrogens is 1. The molecule has 1 amide bonds. The number of H-pyrrole nitrogens is 1. The standard InChI is InChI=1S/C15H21N3O2/c19-15(18-7-9-20-10-8-18)12-5-6-14(16-11-12)17-13-3-1-2-4-13/h5-6,11,13H,1-4,7-10H2,(H,16,17)/p+1. The Hall–Kier alpha value is -1.62. The molecule has 5 nitrogen and oxygen atoms in total. The maximum atomic E-state index is 12.3. The third kappa shape index (κ3) is 3.10. The lowest BCUT2D eigenvalue weighted by molar-refractivity contribution is -0.361. The van der Waals surface area contributed by atoms with Gasteiger partial charge in [0, 0.05) is 19.2 Å². The number of anilines is 1. The van der Waals surface area contributed by atoms with Crippen LogP contribution in [0.4, 0.5) is 5.82 Å². The molecule has 1 saturated carbocycles. The van der Waals surface area contributed by atoms with Crippen molar-refractivity contribution in [2.24, 2.45) is 0 Å². The topological polar surface area (TPSA) is 55.7 Å². The van der Waals surface area contributed by atoms with E-state index in [9.17, 15) is 4.79 Å². The van der Waals surface area contributed by atoms with Crippen LogP contribution in [-0.2, 0) is 4.74 Å². The maximum Gasteiger partial charge on any atom is 0.272 e. The third-order valence-electron chi connectivity index (χ3n) is 4.07. The van der Waals surface area contributed by atoms with Crippen LogP contribution in [0.5, 0.6) is 0 Å². The van der Waals surface area contributed by atoms with Crippen molar-refractivity contribution in [1.82, 2.24) is 4.90 Å². The zero-order valence-corrected chi connectivity index (χ0v) is 11.7. The predicted molar refractivity (Wildman–Crippen MR) is 75.6 cm³/mol. The van der Waals surface area contributed by atoms with Gasteiger partial charge < -0.3 is 9.64 Å². The molecule has 0 unspecified atom stereocenters. The second kappa shape index (κ2) is 6.22. The van der Waals surface area contributed by atoms with Crippen molar-refractivity contribution in [2.75, 3.05) is 31.6 Å². The lowest BCUT2D eigenvalue weighted by Crippen LogP contribution is -2.41. The van der Waals surface area contributed by atoms with E-state index in [4.69, 9.17) is 4.74 Å². The number of rotatable bonds is 3. The largest absolute Gasteiger partial charge is 0.378 e. The van der Waals surface area contributed by atoms with Crippen molar-refractivity contribution >= 4 is 11.7 Å². The lowest BCUT2D eigenvalue weighted by atomic mass is 10.2. The monoisotopic (exact) mass is 276 g/mol. The molecule has 0 spiro atoms. The van der Waals surface area contributed by atoms with E-state index < -0.39 is 0 Å². The molecule has 1 aliphatic carbocycles. The van der Waals surface area contributed by atoms with Crippen LogP contribution in [0.25, 0.3) is 0 Å². The number of ether oxygens (including phenoxy) is 1. The van der Waals surface area contributed by atoms with Crippen molar-refractivity contribution < 1.29 is 14.5 Å². The van der Waals surface area contributed by atoms with E-state index in [0.717, 1.165) is 5.82 Å².